The van der Waals surface area contributed by atoms with Gasteiger partial charge in [0.1, 0.15) is 40.4 Å². The third-order valence-electron chi connectivity index (χ3n) is 5.15. The summed E-state index contributed by atoms with van der Waals surface area (Å²) in [7, 11) is 4.76. The first kappa shape index (κ1) is 19.2. The van der Waals surface area contributed by atoms with E-state index in [1.54, 1.807) is 27.4 Å². The van der Waals surface area contributed by atoms with Gasteiger partial charge in [-0.25, -0.2) is 0 Å². The van der Waals surface area contributed by atoms with E-state index in [0.717, 1.165) is 11.1 Å². The number of hydrogen-bond donors (Lipinski definition) is 2. The highest BCUT2D eigenvalue weighted by Crippen LogP contribution is 2.52. The lowest BCUT2D eigenvalue weighted by Crippen LogP contribution is -2.18. The van der Waals surface area contributed by atoms with Gasteiger partial charge in [0, 0.05) is 23.1 Å². The molecule has 0 saturated carbocycles. The third-order valence-corrected chi connectivity index (χ3v) is 5.15. The van der Waals surface area contributed by atoms with Crippen LogP contribution in [0.4, 0.5) is 11.5 Å². The molecule has 3 aromatic rings. The summed E-state index contributed by atoms with van der Waals surface area (Å²) in [5, 5.41) is 9.55. The van der Waals surface area contributed by atoms with Gasteiger partial charge in [-0.3, -0.25) is 0 Å². The van der Waals surface area contributed by atoms with Crippen LogP contribution in [-0.4, -0.2) is 26.3 Å². The summed E-state index contributed by atoms with van der Waals surface area (Å²) >= 11 is 0. The monoisotopic (exact) mass is 404 g/mol. The number of pyridine rings is 1. The average Bonchev–Trinajstić information content (AvgIpc) is 2.77. The van der Waals surface area contributed by atoms with Gasteiger partial charge in [-0.2, -0.15) is 10.2 Å². The summed E-state index contributed by atoms with van der Waals surface area (Å²) in [6.45, 7) is 0. The fourth-order valence-corrected chi connectivity index (χ4v) is 3.70. The Labute approximate surface area is 173 Å². The quantitative estimate of drug-likeness (QED) is 0.530. The molecule has 1 aliphatic heterocycles. The summed E-state index contributed by atoms with van der Waals surface area (Å²) < 4.78 is 22.4. The summed E-state index contributed by atoms with van der Waals surface area (Å²) in [5.41, 5.74) is 14.8. The largest absolute Gasteiger partial charge is 0.497 e. The zero-order chi connectivity index (χ0) is 21.4. The molecule has 0 fully saturated rings. The molecule has 2 aromatic carbocycles. The lowest BCUT2D eigenvalue weighted by atomic mass is 9.81. The second-order valence-corrected chi connectivity index (χ2v) is 6.66. The Morgan fingerprint density at radius 3 is 2.33 bits per heavy atom. The number of rotatable bonds is 4. The highest BCUT2D eigenvalue weighted by Gasteiger charge is 2.35. The average molecular weight is 404 g/mol. The number of anilines is 2. The molecule has 152 valence electrons. The molecule has 0 saturated heterocycles. The van der Waals surface area contributed by atoms with Crippen molar-refractivity contribution >= 4 is 11.5 Å². The number of nitrogen functional groups attached to an aromatic ring is 2. The van der Waals surface area contributed by atoms with Crippen LogP contribution in [0.5, 0.6) is 28.9 Å². The van der Waals surface area contributed by atoms with Crippen molar-refractivity contribution in [3.63, 3.8) is 0 Å². The van der Waals surface area contributed by atoms with E-state index in [2.05, 4.69) is 4.98 Å². The van der Waals surface area contributed by atoms with Crippen LogP contribution in [0, 0.1) is 11.3 Å². The summed E-state index contributed by atoms with van der Waals surface area (Å²) in [6.07, 6.45) is 0. The van der Waals surface area contributed by atoms with Gasteiger partial charge >= 0.3 is 0 Å². The van der Waals surface area contributed by atoms with Crippen molar-refractivity contribution in [1.82, 2.24) is 4.98 Å². The van der Waals surface area contributed by atoms with Crippen LogP contribution in [0.2, 0.25) is 0 Å². The Kier molecular flexibility index (Phi) is 4.72. The van der Waals surface area contributed by atoms with Crippen molar-refractivity contribution in [2.24, 2.45) is 0 Å². The molecule has 8 heteroatoms. The fourth-order valence-electron chi connectivity index (χ4n) is 3.70. The molecule has 0 unspecified atom stereocenters. The zero-order valence-corrected chi connectivity index (χ0v) is 16.7. The van der Waals surface area contributed by atoms with Crippen molar-refractivity contribution in [3.05, 3.63) is 58.7 Å². The number of nitrogens with zero attached hydrogens (tertiary/aromatic N) is 2. The molecule has 2 heterocycles. The van der Waals surface area contributed by atoms with E-state index in [1.807, 2.05) is 36.4 Å². The topological polar surface area (TPSA) is 126 Å². The molecule has 30 heavy (non-hydrogen) atoms. The standard InChI is InChI=1S/C22H20N4O4/c1-27-11-5-7-16(29-3)14(8-11)18-13-6-4-12(28-2)9-17(13)30-22-19(18)20(24)15(10-23)21(25)26-22/h4-9,18H,1-3H3,(H4,24,25,26)/t18-/m1/s1. The van der Waals surface area contributed by atoms with E-state index in [0.29, 0.717) is 28.6 Å². The predicted molar refractivity (Wildman–Crippen MR) is 111 cm³/mol. The van der Waals surface area contributed by atoms with Crippen molar-refractivity contribution < 1.29 is 18.9 Å². The van der Waals surface area contributed by atoms with Crippen molar-refractivity contribution in [3.8, 4) is 34.9 Å². The Balaban J connectivity index is 2.07. The smallest absolute Gasteiger partial charge is 0.227 e. The summed E-state index contributed by atoms with van der Waals surface area (Å²) in [4.78, 5) is 4.31. The number of nitrogens with two attached hydrogens (primary N) is 2. The minimum absolute atomic E-state index is 0.0106. The SMILES string of the molecule is COc1ccc2c(c1)Oc1nc(N)c(C#N)c(N)c1[C@H]2c1cc(OC)ccc1OC. The van der Waals surface area contributed by atoms with Gasteiger partial charge in [-0.15, -0.1) is 0 Å². The number of nitriles is 1. The highest BCUT2D eigenvalue weighted by atomic mass is 16.5. The molecule has 1 aromatic heterocycles. The molecular weight excluding hydrogens is 384 g/mol. The Morgan fingerprint density at radius 1 is 0.967 bits per heavy atom. The molecule has 1 aliphatic rings. The molecule has 8 nitrogen and oxygen atoms in total. The van der Waals surface area contributed by atoms with Gasteiger partial charge in [0.2, 0.25) is 5.88 Å². The van der Waals surface area contributed by atoms with Gasteiger partial charge in [0.05, 0.1) is 32.6 Å². The Hall–Kier alpha value is -4.12. The van der Waals surface area contributed by atoms with Crippen molar-refractivity contribution in [2.45, 2.75) is 5.92 Å². The van der Waals surface area contributed by atoms with Gasteiger partial charge in [-0.05, 0) is 24.3 Å². The fraction of sp³-hybridized carbons (Fsp3) is 0.182. The molecule has 0 bridgehead atoms. The van der Waals surface area contributed by atoms with Crippen molar-refractivity contribution in [1.29, 1.82) is 5.26 Å². The normalized spacial score (nSPS) is 14.0. The maximum atomic E-state index is 9.55. The Morgan fingerprint density at radius 2 is 1.67 bits per heavy atom. The lowest BCUT2D eigenvalue weighted by Gasteiger charge is -2.30. The molecule has 0 amide bonds. The second kappa shape index (κ2) is 7.37. The molecule has 4 rings (SSSR count). The van der Waals surface area contributed by atoms with Crippen LogP contribution in [-0.2, 0) is 0 Å². The Bertz CT molecular complexity index is 1190. The van der Waals surface area contributed by atoms with Gasteiger partial charge in [0.25, 0.3) is 0 Å². The van der Waals surface area contributed by atoms with E-state index in [-0.39, 0.29) is 22.9 Å². The van der Waals surface area contributed by atoms with Crippen LogP contribution >= 0.6 is 0 Å². The van der Waals surface area contributed by atoms with Crippen LogP contribution in [0.1, 0.15) is 28.2 Å². The van der Waals surface area contributed by atoms with Gasteiger partial charge in [0.15, 0.2) is 0 Å². The molecular formula is C22H20N4O4. The van der Waals surface area contributed by atoms with E-state index < -0.39 is 5.92 Å². The van der Waals surface area contributed by atoms with E-state index in [9.17, 15) is 5.26 Å². The van der Waals surface area contributed by atoms with Crippen LogP contribution in [0.3, 0.4) is 0 Å². The first-order chi connectivity index (χ1) is 14.5. The second-order valence-electron chi connectivity index (χ2n) is 6.66. The summed E-state index contributed by atoms with van der Waals surface area (Å²) in [6, 6.07) is 13.0. The number of hydrogen-bond acceptors (Lipinski definition) is 8. The molecule has 4 N–H and O–H groups in total. The number of fused-ring (bicyclic) bond motifs is 2. The molecule has 0 radical (unpaired) electrons. The number of methoxy groups -OCH3 is 3. The minimum Gasteiger partial charge on any atom is -0.497 e. The summed E-state index contributed by atoms with van der Waals surface area (Å²) in [5.74, 6) is 2.27. The van der Waals surface area contributed by atoms with E-state index >= 15 is 0 Å². The van der Waals surface area contributed by atoms with Crippen LogP contribution in [0.25, 0.3) is 0 Å². The molecule has 0 aliphatic carbocycles. The van der Waals surface area contributed by atoms with E-state index in [1.165, 1.54) is 0 Å². The third kappa shape index (κ3) is 2.88. The maximum absolute atomic E-state index is 9.55. The lowest BCUT2D eigenvalue weighted by molar-refractivity contribution is 0.391. The number of benzene rings is 2. The van der Waals surface area contributed by atoms with Gasteiger partial charge < -0.3 is 30.4 Å². The predicted octanol–water partition coefficient (Wildman–Crippen LogP) is 3.43. The van der Waals surface area contributed by atoms with Gasteiger partial charge in [-0.1, -0.05) is 6.07 Å². The zero-order valence-electron chi connectivity index (χ0n) is 16.7. The minimum atomic E-state index is -0.431. The first-order valence-corrected chi connectivity index (χ1v) is 9.09. The highest BCUT2D eigenvalue weighted by molar-refractivity contribution is 5.76. The first-order valence-electron chi connectivity index (χ1n) is 9.09. The number of ether oxygens (including phenoxy) is 4. The van der Waals surface area contributed by atoms with Crippen LogP contribution in [0.15, 0.2) is 36.4 Å². The molecule has 0 spiro atoms. The van der Waals surface area contributed by atoms with Crippen LogP contribution < -0.4 is 30.4 Å². The maximum Gasteiger partial charge on any atom is 0.227 e. The number of aromatic nitrogens is 1. The van der Waals surface area contributed by atoms with E-state index in [4.69, 9.17) is 30.4 Å². The molecule has 1 atom stereocenters. The van der Waals surface area contributed by atoms with Crippen molar-refractivity contribution in [2.75, 3.05) is 32.8 Å².